The number of nitrogens with one attached hydrogen (secondary N) is 1. The van der Waals surface area contributed by atoms with Gasteiger partial charge in [-0.05, 0) is 32.6 Å². The van der Waals surface area contributed by atoms with Gasteiger partial charge in [-0.25, -0.2) is 0 Å². The standard InChI is InChI=1S/C12H24N2O4S/c1-10(12(15)16)6-5-7-11(2)13-19(17,18)14-8-3-4-9-14/h10-11,13H,3-9H2,1-2H3,(H,15,16). The molecule has 1 aliphatic heterocycles. The maximum atomic E-state index is 12.0. The maximum Gasteiger partial charge on any atom is 0.306 e. The molecule has 0 aromatic carbocycles. The van der Waals surface area contributed by atoms with Crippen molar-refractivity contribution in [1.29, 1.82) is 0 Å². The lowest BCUT2D eigenvalue weighted by atomic mass is 10.0. The predicted molar refractivity (Wildman–Crippen MR) is 73.0 cm³/mol. The molecule has 0 bridgehead atoms. The molecule has 2 N–H and O–H groups in total. The lowest BCUT2D eigenvalue weighted by molar-refractivity contribution is -0.141. The van der Waals surface area contributed by atoms with Crippen molar-refractivity contribution >= 4 is 16.2 Å². The van der Waals surface area contributed by atoms with E-state index in [1.54, 1.807) is 6.92 Å². The summed E-state index contributed by atoms with van der Waals surface area (Å²) in [6, 6.07) is -0.161. The fourth-order valence-electron chi connectivity index (χ4n) is 2.17. The lowest BCUT2D eigenvalue weighted by Crippen LogP contribution is -2.43. The number of carboxylic acid groups (broad SMARTS) is 1. The molecule has 0 radical (unpaired) electrons. The fourth-order valence-corrected chi connectivity index (χ4v) is 3.68. The van der Waals surface area contributed by atoms with Crippen molar-refractivity contribution < 1.29 is 18.3 Å². The minimum Gasteiger partial charge on any atom is -0.481 e. The first kappa shape index (κ1) is 16.4. The fraction of sp³-hybridized carbons (Fsp3) is 0.917. The van der Waals surface area contributed by atoms with E-state index in [9.17, 15) is 13.2 Å². The van der Waals surface area contributed by atoms with E-state index in [1.807, 2.05) is 6.92 Å². The molecule has 6 nitrogen and oxygen atoms in total. The number of nitrogens with zero attached hydrogens (tertiary/aromatic N) is 1. The molecule has 0 aromatic heterocycles. The van der Waals surface area contributed by atoms with Crippen LogP contribution in [-0.4, -0.2) is 42.9 Å². The van der Waals surface area contributed by atoms with E-state index in [4.69, 9.17) is 5.11 Å². The summed E-state index contributed by atoms with van der Waals surface area (Å²) in [5.74, 6) is -1.17. The summed E-state index contributed by atoms with van der Waals surface area (Å²) in [4.78, 5) is 10.7. The topological polar surface area (TPSA) is 86.7 Å². The van der Waals surface area contributed by atoms with E-state index < -0.39 is 16.2 Å². The molecule has 7 heteroatoms. The minimum absolute atomic E-state index is 0.161. The molecule has 1 aliphatic rings. The predicted octanol–water partition coefficient (Wildman–Crippen LogP) is 1.20. The van der Waals surface area contributed by atoms with Crippen LogP contribution in [0.2, 0.25) is 0 Å². The highest BCUT2D eigenvalue weighted by atomic mass is 32.2. The largest absolute Gasteiger partial charge is 0.481 e. The third-order valence-electron chi connectivity index (χ3n) is 3.45. The summed E-state index contributed by atoms with van der Waals surface area (Å²) < 4.78 is 28.1. The van der Waals surface area contributed by atoms with Gasteiger partial charge in [0.25, 0.3) is 10.2 Å². The van der Waals surface area contributed by atoms with Gasteiger partial charge in [0, 0.05) is 19.1 Å². The quantitative estimate of drug-likeness (QED) is 0.703. The summed E-state index contributed by atoms with van der Waals surface area (Å²) >= 11 is 0. The summed E-state index contributed by atoms with van der Waals surface area (Å²) in [5.41, 5.74) is 0. The summed E-state index contributed by atoms with van der Waals surface area (Å²) in [7, 11) is -3.36. The molecule has 2 unspecified atom stereocenters. The van der Waals surface area contributed by atoms with Gasteiger partial charge in [0.2, 0.25) is 0 Å². The number of hydrogen-bond donors (Lipinski definition) is 2. The Morgan fingerprint density at radius 2 is 1.84 bits per heavy atom. The first-order valence-corrected chi connectivity index (χ1v) is 8.27. The Kier molecular flexibility index (Phi) is 6.22. The SMILES string of the molecule is CC(CCCC(C)C(=O)O)NS(=O)(=O)N1CCCC1. The molecule has 0 saturated carbocycles. The smallest absolute Gasteiger partial charge is 0.306 e. The molecule has 1 saturated heterocycles. The normalized spacial score (nSPS) is 20.3. The van der Waals surface area contributed by atoms with Gasteiger partial charge in [-0.15, -0.1) is 0 Å². The van der Waals surface area contributed by atoms with E-state index in [-0.39, 0.29) is 12.0 Å². The first-order valence-electron chi connectivity index (χ1n) is 6.83. The van der Waals surface area contributed by atoms with Crippen molar-refractivity contribution in [2.24, 2.45) is 5.92 Å². The lowest BCUT2D eigenvalue weighted by Gasteiger charge is -2.20. The van der Waals surface area contributed by atoms with Crippen molar-refractivity contribution in [3.63, 3.8) is 0 Å². The third-order valence-corrected chi connectivity index (χ3v) is 5.20. The Morgan fingerprint density at radius 1 is 1.26 bits per heavy atom. The van der Waals surface area contributed by atoms with Crippen LogP contribution in [-0.2, 0) is 15.0 Å². The van der Waals surface area contributed by atoms with Crippen LogP contribution in [0.1, 0.15) is 46.0 Å². The van der Waals surface area contributed by atoms with Crippen molar-refractivity contribution in [1.82, 2.24) is 9.03 Å². The van der Waals surface area contributed by atoms with Crippen molar-refractivity contribution in [3.8, 4) is 0 Å². The molecule has 0 amide bonds. The van der Waals surface area contributed by atoms with Crippen LogP contribution in [0, 0.1) is 5.92 Å². The van der Waals surface area contributed by atoms with Crippen LogP contribution in [0.15, 0.2) is 0 Å². The molecule has 1 fully saturated rings. The second-order valence-corrected chi connectivity index (χ2v) is 7.00. The second kappa shape index (κ2) is 7.21. The van der Waals surface area contributed by atoms with E-state index in [0.717, 1.165) is 12.8 Å². The van der Waals surface area contributed by atoms with Crippen molar-refractivity contribution in [3.05, 3.63) is 0 Å². The number of aliphatic carboxylic acids is 1. The Balaban J connectivity index is 2.30. The van der Waals surface area contributed by atoms with Crippen LogP contribution >= 0.6 is 0 Å². The molecule has 2 atom stereocenters. The van der Waals surface area contributed by atoms with Gasteiger partial charge in [0.15, 0.2) is 0 Å². The zero-order chi connectivity index (χ0) is 14.5. The summed E-state index contributed by atoms with van der Waals surface area (Å²) in [6.45, 7) is 4.68. The molecule has 112 valence electrons. The summed E-state index contributed by atoms with van der Waals surface area (Å²) in [6.07, 6.45) is 3.78. The molecule has 0 spiro atoms. The maximum absolute atomic E-state index is 12.0. The monoisotopic (exact) mass is 292 g/mol. The number of carbonyl (C=O) groups is 1. The average molecular weight is 292 g/mol. The molecule has 1 heterocycles. The molecule has 0 aromatic rings. The van der Waals surface area contributed by atoms with Gasteiger partial charge in [-0.1, -0.05) is 13.3 Å². The second-order valence-electron chi connectivity index (χ2n) is 5.30. The van der Waals surface area contributed by atoms with Crippen molar-refractivity contribution in [2.75, 3.05) is 13.1 Å². The highest BCUT2D eigenvalue weighted by Gasteiger charge is 2.26. The number of hydrogen-bond acceptors (Lipinski definition) is 3. The molecule has 19 heavy (non-hydrogen) atoms. The molecular formula is C12H24N2O4S. The Labute approximate surface area is 115 Å². The average Bonchev–Trinajstić information content (AvgIpc) is 2.81. The van der Waals surface area contributed by atoms with E-state index in [0.29, 0.717) is 32.4 Å². The molecule has 1 rings (SSSR count). The Morgan fingerprint density at radius 3 is 2.37 bits per heavy atom. The van der Waals surface area contributed by atoms with Crippen LogP contribution in [0.5, 0.6) is 0 Å². The highest BCUT2D eigenvalue weighted by molar-refractivity contribution is 7.87. The van der Waals surface area contributed by atoms with Gasteiger partial charge in [-0.2, -0.15) is 17.4 Å². The van der Waals surface area contributed by atoms with Crippen molar-refractivity contribution in [2.45, 2.75) is 52.0 Å². The highest BCUT2D eigenvalue weighted by Crippen LogP contribution is 2.14. The van der Waals surface area contributed by atoms with Gasteiger partial charge < -0.3 is 5.11 Å². The van der Waals surface area contributed by atoms with E-state index in [2.05, 4.69) is 4.72 Å². The minimum atomic E-state index is -3.36. The number of rotatable bonds is 8. The third kappa shape index (κ3) is 5.46. The van der Waals surface area contributed by atoms with Crippen LogP contribution in [0.4, 0.5) is 0 Å². The molecular weight excluding hydrogens is 268 g/mol. The van der Waals surface area contributed by atoms with E-state index in [1.165, 1.54) is 4.31 Å². The Bertz CT molecular complexity index is 391. The number of carboxylic acids is 1. The first-order chi connectivity index (χ1) is 8.83. The van der Waals surface area contributed by atoms with Gasteiger partial charge >= 0.3 is 5.97 Å². The Hall–Kier alpha value is -0.660. The van der Waals surface area contributed by atoms with Gasteiger partial charge in [0.1, 0.15) is 0 Å². The zero-order valence-electron chi connectivity index (χ0n) is 11.6. The summed E-state index contributed by atoms with van der Waals surface area (Å²) in [5, 5.41) is 8.76. The van der Waals surface area contributed by atoms with E-state index >= 15 is 0 Å². The van der Waals surface area contributed by atoms with Crippen LogP contribution in [0.3, 0.4) is 0 Å². The van der Waals surface area contributed by atoms with Gasteiger partial charge in [0.05, 0.1) is 5.92 Å². The van der Waals surface area contributed by atoms with Gasteiger partial charge in [-0.3, -0.25) is 4.79 Å². The van der Waals surface area contributed by atoms with Crippen LogP contribution < -0.4 is 4.72 Å². The zero-order valence-corrected chi connectivity index (χ0v) is 12.4. The molecule has 0 aliphatic carbocycles. The van der Waals surface area contributed by atoms with Crippen LogP contribution in [0.25, 0.3) is 0 Å².